The summed E-state index contributed by atoms with van der Waals surface area (Å²) < 4.78 is 24.8. The number of hydrogen-bond acceptors (Lipinski definition) is 3. The Morgan fingerprint density at radius 2 is 1.67 bits per heavy atom. The van der Waals surface area contributed by atoms with Gasteiger partial charge in [-0.15, -0.1) is 0 Å². The molecular formula is C14H15NO2S. The highest BCUT2D eigenvalue weighted by atomic mass is 32.2. The van der Waals surface area contributed by atoms with Crippen molar-refractivity contribution in [2.45, 2.75) is 37.0 Å². The van der Waals surface area contributed by atoms with Gasteiger partial charge in [0.1, 0.15) is 11.0 Å². The zero-order valence-corrected chi connectivity index (χ0v) is 10.9. The third kappa shape index (κ3) is 2.46. The van der Waals surface area contributed by atoms with E-state index < -0.39 is 9.84 Å². The van der Waals surface area contributed by atoms with Crippen molar-refractivity contribution >= 4 is 9.84 Å². The third-order valence-corrected chi connectivity index (χ3v) is 5.01. The Balaban J connectivity index is 2.49. The van der Waals surface area contributed by atoms with Crippen molar-refractivity contribution in [3.8, 4) is 6.07 Å². The van der Waals surface area contributed by atoms with Gasteiger partial charge < -0.3 is 0 Å². The first-order valence-electron chi connectivity index (χ1n) is 6.08. The van der Waals surface area contributed by atoms with Crippen molar-refractivity contribution in [3.05, 3.63) is 40.8 Å². The molecule has 94 valence electrons. The maximum Gasteiger partial charge on any atom is 0.216 e. The minimum Gasteiger partial charge on any atom is -0.218 e. The van der Waals surface area contributed by atoms with Crippen molar-refractivity contribution < 1.29 is 8.42 Å². The Morgan fingerprint density at radius 1 is 1.06 bits per heavy atom. The Hall–Kier alpha value is -1.60. The maximum absolute atomic E-state index is 12.4. The molecule has 0 bridgehead atoms. The van der Waals surface area contributed by atoms with Gasteiger partial charge in [0, 0.05) is 0 Å². The molecule has 0 spiro atoms. The highest BCUT2D eigenvalue weighted by Crippen LogP contribution is 2.30. The van der Waals surface area contributed by atoms with Crippen LogP contribution in [0.5, 0.6) is 0 Å². The smallest absolute Gasteiger partial charge is 0.216 e. The van der Waals surface area contributed by atoms with E-state index in [-0.39, 0.29) is 9.80 Å². The predicted molar refractivity (Wildman–Crippen MR) is 69.4 cm³/mol. The topological polar surface area (TPSA) is 57.9 Å². The van der Waals surface area contributed by atoms with Crippen LogP contribution in [0.4, 0.5) is 0 Å². The van der Waals surface area contributed by atoms with Crippen LogP contribution in [0, 0.1) is 11.3 Å². The van der Waals surface area contributed by atoms with Crippen molar-refractivity contribution in [1.82, 2.24) is 0 Å². The molecule has 1 aliphatic rings. The van der Waals surface area contributed by atoms with Gasteiger partial charge in [-0.1, -0.05) is 24.6 Å². The van der Waals surface area contributed by atoms with Crippen LogP contribution in [0.25, 0.3) is 0 Å². The number of sulfone groups is 1. The van der Waals surface area contributed by atoms with Gasteiger partial charge >= 0.3 is 0 Å². The van der Waals surface area contributed by atoms with Crippen LogP contribution in [0.15, 0.2) is 45.7 Å². The van der Waals surface area contributed by atoms with E-state index >= 15 is 0 Å². The molecule has 2 rings (SSSR count). The van der Waals surface area contributed by atoms with E-state index in [1.54, 1.807) is 18.2 Å². The standard InChI is InChI=1S/C14H15NO2S/c15-11-14(12-7-3-1-4-8-12)18(16,17)13-9-5-2-6-10-13/h2,5-6,9-10H,1,3-4,7-8H2. The first-order valence-corrected chi connectivity index (χ1v) is 7.57. The zero-order valence-electron chi connectivity index (χ0n) is 10.1. The molecule has 0 amide bonds. The van der Waals surface area contributed by atoms with Crippen molar-refractivity contribution in [3.63, 3.8) is 0 Å². The van der Waals surface area contributed by atoms with Crippen LogP contribution in [0.3, 0.4) is 0 Å². The molecule has 1 aliphatic carbocycles. The quantitative estimate of drug-likeness (QED) is 0.768. The molecule has 3 nitrogen and oxygen atoms in total. The zero-order chi connectivity index (χ0) is 13.0. The lowest BCUT2D eigenvalue weighted by molar-refractivity contribution is 0.587. The molecule has 0 radical (unpaired) electrons. The lowest BCUT2D eigenvalue weighted by Crippen LogP contribution is -2.08. The first kappa shape index (κ1) is 12.8. The average molecular weight is 261 g/mol. The number of allylic oxidation sites excluding steroid dienone is 2. The third-order valence-electron chi connectivity index (χ3n) is 3.20. The van der Waals surface area contributed by atoms with E-state index in [9.17, 15) is 13.7 Å². The molecular weight excluding hydrogens is 246 g/mol. The number of nitriles is 1. The summed E-state index contributed by atoms with van der Waals surface area (Å²) in [6, 6.07) is 10.1. The van der Waals surface area contributed by atoms with Gasteiger partial charge in [-0.05, 0) is 43.4 Å². The van der Waals surface area contributed by atoms with E-state index in [0.717, 1.165) is 37.7 Å². The van der Waals surface area contributed by atoms with Gasteiger partial charge in [0.2, 0.25) is 9.84 Å². The normalized spacial score (nSPS) is 16.1. The Morgan fingerprint density at radius 3 is 2.22 bits per heavy atom. The molecule has 0 aliphatic heterocycles. The summed E-state index contributed by atoms with van der Waals surface area (Å²) in [5, 5.41) is 9.19. The van der Waals surface area contributed by atoms with Gasteiger partial charge in [-0.2, -0.15) is 5.26 Å². The molecule has 18 heavy (non-hydrogen) atoms. The molecule has 1 saturated carbocycles. The van der Waals surface area contributed by atoms with Crippen LogP contribution < -0.4 is 0 Å². The van der Waals surface area contributed by atoms with E-state index in [2.05, 4.69) is 0 Å². The van der Waals surface area contributed by atoms with Crippen LogP contribution in [0.2, 0.25) is 0 Å². The van der Waals surface area contributed by atoms with Crippen molar-refractivity contribution in [2.75, 3.05) is 0 Å². The fraction of sp³-hybridized carbons (Fsp3) is 0.357. The molecule has 0 unspecified atom stereocenters. The predicted octanol–water partition coefficient (Wildman–Crippen LogP) is 3.20. The van der Waals surface area contributed by atoms with Crippen LogP contribution >= 0.6 is 0 Å². The van der Waals surface area contributed by atoms with Crippen molar-refractivity contribution in [2.24, 2.45) is 0 Å². The molecule has 0 atom stereocenters. The lowest BCUT2D eigenvalue weighted by atomic mass is 9.95. The largest absolute Gasteiger partial charge is 0.218 e. The van der Waals surface area contributed by atoms with Gasteiger partial charge in [0.15, 0.2) is 0 Å². The summed E-state index contributed by atoms with van der Waals surface area (Å²) in [7, 11) is -3.63. The fourth-order valence-corrected chi connectivity index (χ4v) is 3.71. The molecule has 0 N–H and O–H groups in total. The SMILES string of the molecule is N#CC(=C1CCCCC1)S(=O)(=O)c1ccccc1. The summed E-state index contributed by atoms with van der Waals surface area (Å²) in [6.45, 7) is 0. The average Bonchev–Trinajstić information content (AvgIpc) is 2.41. The molecule has 4 heteroatoms. The van der Waals surface area contributed by atoms with Gasteiger partial charge in [0.25, 0.3) is 0 Å². The molecule has 1 aromatic rings. The fourth-order valence-electron chi connectivity index (χ4n) is 2.25. The van der Waals surface area contributed by atoms with Crippen LogP contribution in [0.1, 0.15) is 32.1 Å². The van der Waals surface area contributed by atoms with Gasteiger partial charge in [-0.3, -0.25) is 0 Å². The number of hydrogen-bond donors (Lipinski definition) is 0. The van der Waals surface area contributed by atoms with E-state index in [4.69, 9.17) is 0 Å². The number of benzene rings is 1. The second kappa shape index (κ2) is 5.36. The molecule has 1 fully saturated rings. The summed E-state index contributed by atoms with van der Waals surface area (Å²) in [4.78, 5) is 0.174. The van der Waals surface area contributed by atoms with E-state index in [1.165, 1.54) is 12.1 Å². The Kier molecular flexibility index (Phi) is 3.83. The van der Waals surface area contributed by atoms with Gasteiger partial charge in [0.05, 0.1) is 4.90 Å². The monoisotopic (exact) mass is 261 g/mol. The minimum absolute atomic E-state index is 0.0339. The second-order valence-corrected chi connectivity index (χ2v) is 6.31. The van der Waals surface area contributed by atoms with Crippen molar-refractivity contribution in [1.29, 1.82) is 5.26 Å². The lowest BCUT2D eigenvalue weighted by Gasteiger charge is -2.15. The molecule has 0 aromatic heterocycles. The summed E-state index contributed by atoms with van der Waals surface area (Å²) >= 11 is 0. The Bertz CT molecular complexity index is 586. The second-order valence-electron chi connectivity index (χ2n) is 4.42. The maximum atomic E-state index is 12.4. The number of nitrogens with zero attached hydrogens (tertiary/aromatic N) is 1. The highest BCUT2D eigenvalue weighted by Gasteiger charge is 2.24. The summed E-state index contributed by atoms with van der Waals surface area (Å²) in [6.07, 6.45) is 4.53. The molecule has 0 saturated heterocycles. The first-order chi connectivity index (χ1) is 8.66. The van der Waals surface area contributed by atoms with Crippen LogP contribution in [-0.2, 0) is 9.84 Å². The Labute approximate surface area is 108 Å². The minimum atomic E-state index is -3.63. The van der Waals surface area contributed by atoms with E-state index in [1.807, 2.05) is 6.07 Å². The summed E-state index contributed by atoms with van der Waals surface area (Å²) in [5.41, 5.74) is 0.799. The van der Waals surface area contributed by atoms with Crippen LogP contribution in [-0.4, -0.2) is 8.42 Å². The van der Waals surface area contributed by atoms with Gasteiger partial charge in [-0.25, -0.2) is 8.42 Å². The highest BCUT2D eigenvalue weighted by molar-refractivity contribution is 7.95. The number of rotatable bonds is 2. The molecule has 1 aromatic carbocycles. The summed E-state index contributed by atoms with van der Waals surface area (Å²) in [5.74, 6) is 0. The molecule has 0 heterocycles. The van der Waals surface area contributed by atoms with E-state index in [0.29, 0.717) is 0 Å².